The average Bonchev–Trinajstić information content (AvgIpc) is 3.11. The van der Waals surface area contributed by atoms with Crippen LogP contribution in [0.2, 0.25) is 0 Å². The van der Waals surface area contributed by atoms with Gasteiger partial charge in [-0.1, -0.05) is 0 Å². The van der Waals surface area contributed by atoms with E-state index in [0.717, 1.165) is 24.8 Å². The molecular formula is C12H18F36Gd2N6O30S12+6. The zero-order chi connectivity index (χ0) is 76.2. The van der Waals surface area contributed by atoms with Gasteiger partial charge in [-0.3, -0.25) is 0 Å². The van der Waals surface area contributed by atoms with Gasteiger partial charge in [0, 0.05) is 0 Å². The first-order chi connectivity index (χ1) is 37.2. The van der Waals surface area contributed by atoms with Gasteiger partial charge >= 0.3 is 146 Å². The van der Waals surface area contributed by atoms with Gasteiger partial charge in [-0.05, 0) is 0 Å². The molecule has 0 aromatic heterocycles. The van der Waals surface area contributed by atoms with Crippen LogP contribution in [0.3, 0.4) is 0 Å². The van der Waals surface area contributed by atoms with Gasteiger partial charge in [0.05, 0.1) is 0 Å². The molecule has 610 valence electrons. The Morgan fingerprint density at radius 3 is 0.173 bits per heavy atom. The Hall–Kier alpha value is -0.951. The van der Waals surface area contributed by atoms with E-state index in [9.17, 15) is 259 Å². The Morgan fingerprint density at radius 1 is 0.122 bits per heavy atom. The third kappa shape index (κ3) is 41.1. The molecule has 0 bridgehead atoms. The van der Waals surface area contributed by atoms with Gasteiger partial charge in [0.25, 0.3) is 0 Å². The Kier molecular flexibility index (Phi) is 51.7. The summed E-state index contributed by atoms with van der Waals surface area (Å²) < 4.78 is 655. The number of sulfonamides is 12. The van der Waals surface area contributed by atoms with Crippen molar-refractivity contribution in [1.82, 2.24) is 0 Å². The molecule has 0 amide bonds. The van der Waals surface area contributed by atoms with Crippen molar-refractivity contribution >= 4 is 120 Å². The van der Waals surface area contributed by atoms with E-state index >= 15 is 0 Å². The second-order valence-corrected chi connectivity index (χ2v) is 32.0. The maximum atomic E-state index is 11.4. The monoisotopic (exact) mass is 2110 g/mol. The fourth-order valence-electron chi connectivity index (χ4n) is 1.28. The summed E-state index contributed by atoms with van der Waals surface area (Å²) in [5.41, 5.74) is -74.4. The second-order valence-electron chi connectivity index (χ2n) is 11.5. The van der Waals surface area contributed by atoms with Crippen LogP contribution in [0.4, 0.5) is 158 Å². The molecule has 18 N–H and O–H groups in total. The van der Waals surface area contributed by atoms with Crippen molar-refractivity contribution < 1.29 is 372 Å². The third-order valence-corrected chi connectivity index (χ3v) is 21.1. The molecule has 2 radical (unpaired) electrons. The second kappa shape index (κ2) is 39.1. The molecule has 0 fully saturated rings. The van der Waals surface area contributed by atoms with Crippen LogP contribution in [-0.4, -0.2) is 167 Å². The zero-order valence-corrected chi connectivity index (χ0v) is 55.5. The molecular weight excluding hydrogens is 2090 g/mol. The summed E-state index contributed by atoms with van der Waals surface area (Å²) in [4.78, 5) is 0. The fraction of sp³-hybridized carbons (Fsp3) is 1.00. The quantitative estimate of drug-likeness (QED) is 0.193. The van der Waals surface area contributed by atoms with Crippen LogP contribution in [0.15, 0.2) is 0 Å². The van der Waals surface area contributed by atoms with Gasteiger partial charge < -0.3 is 57.6 Å². The molecule has 0 saturated heterocycles. The minimum Gasteiger partial charge on any atom is -0.457 e. The molecule has 98 heavy (non-hydrogen) atoms. The van der Waals surface area contributed by atoms with Crippen molar-refractivity contribution in [2.75, 3.05) is 0 Å². The van der Waals surface area contributed by atoms with Crippen LogP contribution < -0.4 is 0 Å². The van der Waals surface area contributed by atoms with Crippen LogP contribution >= 0.6 is 0 Å². The number of hydrogen-bond acceptors (Lipinski definition) is 24. The molecule has 0 aliphatic carbocycles. The maximum Gasteiger partial charge on any atom is 3.00 e. The summed E-state index contributed by atoms with van der Waals surface area (Å²) in [6.45, 7) is 0. The summed E-state index contributed by atoms with van der Waals surface area (Å²) in [6.07, 6.45) is 0. The van der Waals surface area contributed by atoms with Gasteiger partial charge in [0.1, 0.15) is 0 Å². The van der Waals surface area contributed by atoms with Crippen molar-refractivity contribution in [3.8, 4) is 0 Å². The van der Waals surface area contributed by atoms with E-state index in [0.29, 0.717) is 0 Å². The van der Waals surface area contributed by atoms with Crippen molar-refractivity contribution in [3.05, 3.63) is 24.8 Å². The van der Waals surface area contributed by atoms with Crippen LogP contribution in [-0.2, 0) is 153 Å². The average molecular weight is 2110 g/mol. The molecule has 86 heteroatoms. The molecule has 0 spiro atoms. The number of nitrogens with zero attached hydrogens (tertiary/aromatic N) is 6. The number of halogens is 36. The minimum absolute atomic E-state index is 0. The molecule has 0 heterocycles. The van der Waals surface area contributed by atoms with Crippen LogP contribution in [0.25, 0.3) is 24.8 Å². The van der Waals surface area contributed by atoms with E-state index in [2.05, 4.69) is 0 Å². The number of hydrogen-bond donors (Lipinski definition) is 0. The van der Waals surface area contributed by atoms with Gasteiger partial charge in [-0.25, -0.2) is 101 Å². The Bertz CT molecular complexity index is 3000. The predicted octanol–water partition coefficient (Wildman–Crippen LogP) is 0.824. The van der Waals surface area contributed by atoms with Crippen molar-refractivity contribution in [2.24, 2.45) is 0 Å². The molecule has 0 rings (SSSR count). The molecule has 36 nitrogen and oxygen atoms in total. The molecule has 0 aliphatic heterocycles. The predicted molar refractivity (Wildman–Crippen MR) is 229 cm³/mol. The van der Waals surface area contributed by atoms with Crippen LogP contribution in [0.5, 0.6) is 0 Å². The summed E-state index contributed by atoms with van der Waals surface area (Å²) in [7, 11) is -80.7. The van der Waals surface area contributed by atoms with Gasteiger partial charge in [-0.2, -0.15) is 158 Å². The number of alkyl halides is 36. The van der Waals surface area contributed by atoms with E-state index in [-0.39, 0.29) is 113 Å². The fourth-order valence-corrected chi connectivity index (χ4v) is 11.5. The van der Waals surface area contributed by atoms with Gasteiger partial charge in [0.2, 0.25) is 0 Å². The summed E-state index contributed by atoms with van der Waals surface area (Å²) in [5.74, 6) is 0. The van der Waals surface area contributed by atoms with E-state index in [1.165, 1.54) is 0 Å². The maximum absolute atomic E-state index is 11.4. The SMILES string of the molecule is O=S(=O)([N-]S(=O)(=O)C(F)(F)F)C(F)(F)F.O=S(=O)([N-]S(=O)(=O)C(F)(F)F)C(F)(F)F.O=S(=O)([N-]S(=O)(=O)C(F)(F)F)C(F)(F)F.O=S(=O)([N-]S(=O)(=O)C(F)(F)F)C(F)(F)F.O=S(=O)([N-]S(=O)(=O)C(F)(F)F)C(F)(F)F.O=S(=O)([N-]S(=O)(=O)C(F)(F)F)C(F)(F)F.[Gd+3].[Gd+3].[OH3+].[OH3+].[OH3+].[OH3+].[OH3+].[OH3+]. The molecule has 0 aromatic carbocycles. The van der Waals surface area contributed by atoms with Crippen LogP contribution in [0, 0.1) is 79.9 Å². The summed E-state index contributed by atoms with van der Waals surface area (Å²) in [6, 6.07) is 0. The minimum atomic E-state index is -6.72. The Labute approximate surface area is 577 Å². The van der Waals surface area contributed by atoms with Crippen molar-refractivity contribution in [3.63, 3.8) is 0 Å². The largest absolute Gasteiger partial charge is 3.00 e. The first kappa shape index (κ1) is 130. The summed E-state index contributed by atoms with van der Waals surface area (Å²) >= 11 is 0. The van der Waals surface area contributed by atoms with E-state index in [1.807, 2.05) is 0 Å². The first-order valence-electron chi connectivity index (χ1n) is 15.4. The van der Waals surface area contributed by atoms with E-state index in [4.69, 9.17) is 0 Å². The van der Waals surface area contributed by atoms with Crippen molar-refractivity contribution in [1.29, 1.82) is 0 Å². The van der Waals surface area contributed by atoms with Gasteiger partial charge in [-0.15, -0.1) is 0 Å². The molecule has 0 aliphatic rings. The standard InChI is InChI=1S/6C2F6NO4S2.2Gd.6H2O/c6*3-1(4,5)14(10,11)9-15(12,13)2(6,7)8;;;;;;;;/h;;;;;;;;6*1H2/q6*-1;2*+3;;;;;;/p+6. The van der Waals surface area contributed by atoms with Crippen LogP contribution in [0.1, 0.15) is 0 Å². The molecule has 0 unspecified atom stereocenters. The first-order valence-corrected chi connectivity index (χ1v) is 32.7. The molecule has 0 atom stereocenters. The molecule has 0 saturated carbocycles. The smallest absolute Gasteiger partial charge is 0.457 e. The van der Waals surface area contributed by atoms with E-state index < -0.39 is 186 Å². The number of rotatable bonds is 12. The Morgan fingerprint density at radius 2 is 0.153 bits per heavy atom. The zero-order valence-electron chi connectivity index (χ0n) is 41.2. The van der Waals surface area contributed by atoms with Gasteiger partial charge in [0.15, 0.2) is 120 Å². The third-order valence-electron chi connectivity index (χ3n) is 4.69. The normalized spacial score (nSPS) is 14.1. The molecule has 0 aromatic rings. The summed E-state index contributed by atoms with van der Waals surface area (Å²) in [5, 5.41) is 0. The Balaban J connectivity index is -0.0000000708. The van der Waals surface area contributed by atoms with E-state index in [1.54, 1.807) is 0 Å². The van der Waals surface area contributed by atoms with Crippen molar-refractivity contribution in [2.45, 2.75) is 66.1 Å². The topological polar surface area (TPSA) is 692 Å².